The van der Waals surface area contributed by atoms with Crippen LogP contribution < -0.4 is 5.32 Å². The molecule has 1 fully saturated rings. The average Bonchev–Trinajstić information content (AvgIpc) is 2.89. The highest BCUT2D eigenvalue weighted by molar-refractivity contribution is 5.20. The SMILES string of the molecule is CNC(c1ccccc1)C(C)N1CCC(OC)C1. The molecule has 0 aromatic heterocycles. The van der Waals surface area contributed by atoms with Crippen LogP contribution in [0, 0.1) is 0 Å². The highest BCUT2D eigenvalue weighted by Crippen LogP contribution is 2.24. The molecule has 3 atom stereocenters. The van der Waals surface area contributed by atoms with E-state index in [0.29, 0.717) is 18.2 Å². The first-order valence-electron chi connectivity index (χ1n) is 6.75. The first-order chi connectivity index (χ1) is 8.76. The second kappa shape index (κ2) is 6.32. The Hall–Kier alpha value is -0.900. The molecule has 3 nitrogen and oxygen atoms in total. The van der Waals surface area contributed by atoms with E-state index in [2.05, 4.69) is 47.5 Å². The van der Waals surface area contributed by atoms with Gasteiger partial charge in [0.25, 0.3) is 0 Å². The zero-order valence-corrected chi connectivity index (χ0v) is 11.6. The van der Waals surface area contributed by atoms with Crippen molar-refractivity contribution in [2.75, 3.05) is 27.2 Å². The van der Waals surface area contributed by atoms with Gasteiger partial charge in [-0.3, -0.25) is 4.90 Å². The van der Waals surface area contributed by atoms with Crippen LogP contribution >= 0.6 is 0 Å². The molecule has 1 heterocycles. The van der Waals surface area contributed by atoms with Gasteiger partial charge in [-0.1, -0.05) is 30.3 Å². The van der Waals surface area contributed by atoms with E-state index in [-0.39, 0.29) is 0 Å². The van der Waals surface area contributed by atoms with Crippen LogP contribution in [0.2, 0.25) is 0 Å². The Balaban J connectivity index is 2.04. The van der Waals surface area contributed by atoms with Crippen molar-refractivity contribution >= 4 is 0 Å². The van der Waals surface area contributed by atoms with E-state index in [1.54, 1.807) is 0 Å². The number of benzene rings is 1. The molecule has 3 heteroatoms. The molecule has 100 valence electrons. The summed E-state index contributed by atoms with van der Waals surface area (Å²) >= 11 is 0. The Morgan fingerprint density at radius 1 is 1.33 bits per heavy atom. The van der Waals surface area contributed by atoms with Crippen molar-refractivity contribution in [3.63, 3.8) is 0 Å². The van der Waals surface area contributed by atoms with Gasteiger partial charge in [-0.25, -0.2) is 0 Å². The Labute approximate surface area is 110 Å². The largest absolute Gasteiger partial charge is 0.380 e. The third-order valence-corrected chi connectivity index (χ3v) is 4.04. The quantitative estimate of drug-likeness (QED) is 0.863. The van der Waals surface area contributed by atoms with Crippen LogP contribution in [0.15, 0.2) is 30.3 Å². The minimum absolute atomic E-state index is 0.377. The zero-order valence-electron chi connectivity index (χ0n) is 11.6. The highest BCUT2D eigenvalue weighted by Gasteiger charge is 2.30. The van der Waals surface area contributed by atoms with Gasteiger partial charge in [0.1, 0.15) is 0 Å². The normalized spacial score (nSPS) is 24.1. The van der Waals surface area contributed by atoms with E-state index < -0.39 is 0 Å². The number of likely N-dealkylation sites (tertiary alicyclic amines) is 1. The molecule has 0 aliphatic carbocycles. The van der Waals surface area contributed by atoms with Crippen LogP contribution in [0.25, 0.3) is 0 Å². The maximum Gasteiger partial charge on any atom is 0.0710 e. The number of hydrogen-bond donors (Lipinski definition) is 1. The first-order valence-corrected chi connectivity index (χ1v) is 6.75. The Morgan fingerprint density at radius 3 is 2.61 bits per heavy atom. The number of ether oxygens (including phenoxy) is 1. The molecule has 0 amide bonds. The molecular weight excluding hydrogens is 224 g/mol. The van der Waals surface area contributed by atoms with Crippen molar-refractivity contribution in [2.24, 2.45) is 0 Å². The van der Waals surface area contributed by atoms with E-state index in [1.165, 1.54) is 5.56 Å². The summed E-state index contributed by atoms with van der Waals surface area (Å²) in [5, 5.41) is 3.45. The van der Waals surface area contributed by atoms with Crippen LogP contribution in [0.5, 0.6) is 0 Å². The van der Waals surface area contributed by atoms with E-state index in [4.69, 9.17) is 4.74 Å². The van der Waals surface area contributed by atoms with Gasteiger partial charge in [0.15, 0.2) is 0 Å². The lowest BCUT2D eigenvalue weighted by Crippen LogP contribution is -2.41. The summed E-state index contributed by atoms with van der Waals surface area (Å²) in [4.78, 5) is 2.52. The van der Waals surface area contributed by atoms with E-state index in [9.17, 15) is 0 Å². The van der Waals surface area contributed by atoms with Gasteiger partial charge < -0.3 is 10.1 Å². The standard InChI is InChI=1S/C15H24N2O/c1-12(17-10-9-14(11-17)18-3)15(16-2)13-7-5-4-6-8-13/h4-8,12,14-16H,9-11H2,1-3H3. The van der Waals surface area contributed by atoms with E-state index >= 15 is 0 Å². The fourth-order valence-corrected chi connectivity index (χ4v) is 2.87. The smallest absolute Gasteiger partial charge is 0.0710 e. The minimum Gasteiger partial charge on any atom is -0.380 e. The Morgan fingerprint density at radius 2 is 2.06 bits per heavy atom. The molecule has 0 spiro atoms. The van der Waals surface area contributed by atoms with Crippen molar-refractivity contribution in [2.45, 2.75) is 31.5 Å². The average molecular weight is 248 g/mol. The molecule has 1 aliphatic rings. The molecule has 1 aromatic carbocycles. The number of nitrogens with zero attached hydrogens (tertiary/aromatic N) is 1. The van der Waals surface area contributed by atoms with Crippen molar-refractivity contribution in [1.29, 1.82) is 0 Å². The molecule has 0 saturated carbocycles. The molecule has 2 rings (SSSR count). The van der Waals surface area contributed by atoms with Crippen LogP contribution in [0.1, 0.15) is 24.9 Å². The van der Waals surface area contributed by atoms with Gasteiger partial charge >= 0.3 is 0 Å². The maximum atomic E-state index is 5.45. The first kappa shape index (κ1) is 13.5. The monoisotopic (exact) mass is 248 g/mol. The molecule has 0 bridgehead atoms. The third-order valence-electron chi connectivity index (χ3n) is 4.04. The molecule has 1 aromatic rings. The van der Waals surface area contributed by atoms with Gasteiger partial charge in [0.05, 0.1) is 6.10 Å². The Kier molecular flexibility index (Phi) is 4.75. The van der Waals surface area contributed by atoms with E-state index in [0.717, 1.165) is 19.5 Å². The molecule has 1 aliphatic heterocycles. The Bertz CT molecular complexity index is 355. The summed E-state index contributed by atoms with van der Waals surface area (Å²) < 4.78 is 5.45. The summed E-state index contributed by atoms with van der Waals surface area (Å²) in [6.07, 6.45) is 1.55. The fourth-order valence-electron chi connectivity index (χ4n) is 2.87. The van der Waals surface area contributed by atoms with E-state index in [1.807, 2.05) is 14.2 Å². The summed E-state index contributed by atoms with van der Waals surface area (Å²) in [5.74, 6) is 0. The number of methoxy groups -OCH3 is 1. The van der Waals surface area contributed by atoms with Crippen molar-refractivity contribution in [3.8, 4) is 0 Å². The molecule has 1 saturated heterocycles. The summed E-state index contributed by atoms with van der Waals surface area (Å²) in [6, 6.07) is 11.5. The number of likely N-dealkylation sites (N-methyl/N-ethyl adjacent to an activating group) is 1. The van der Waals surface area contributed by atoms with Gasteiger partial charge in [-0.15, -0.1) is 0 Å². The van der Waals surface area contributed by atoms with Gasteiger partial charge in [0, 0.05) is 32.3 Å². The lowest BCUT2D eigenvalue weighted by molar-refractivity contribution is 0.0981. The van der Waals surface area contributed by atoms with Gasteiger partial charge in [-0.05, 0) is 26.0 Å². The van der Waals surface area contributed by atoms with Crippen molar-refractivity contribution < 1.29 is 4.74 Å². The number of nitrogens with one attached hydrogen (secondary N) is 1. The minimum atomic E-state index is 0.377. The van der Waals surface area contributed by atoms with Crippen LogP contribution in [0.3, 0.4) is 0 Å². The van der Waals surface area contributed by atoms with Crippen LogP contribution in [0.4, 0.5) is 0 Å². The number of hydrogen-bond acceptors (Lipinski definition) is 3. The van der Waals surface area contributed by atoms with Crippen molar-refractivity contribution in [3.05, 3.63) is 35.9 Å². The lowest BCUT2D eigenvalue weighted by Gasteiger charge is -2.32. The lowest BCUT2D eigenvalue weighted by atomic mass is 10.00. The fraction of sp³-hybridized carbons (Fsp3) is 0.600. The number of rotatable bonds is 5. The summed E-state index contributed by atoms with van der Waals surface area (Å²) in [5.41, 5.74) is 1.35. The molecule has 1 N–H and O–H groups in total. The molecule has 18 heavy (non-hydrogen) atoms. The summed E-state index contributed by atoms with van der Waals surface area (Å²) in [6.45, 7) is 4.47. The van der Waals surface area contributed by atoms with Gasteiger partial charge in [-0.2, -0.15) is 0 Å². The molecule has 0 radical (unpaired) electrons. The van der Waals surface area contributed by atoms with Crippen LogP contribution in [-0.2, 0) is 4.74 Å². The van der Waals surface area contributed by atoms with Gasteiger partial charge in [0.2, 0.25) is 0 Å². The summed E-state index contributed by atoms with van der Waals surface area (Å²) in [7, 11) is 3.85. The maximum absolute atomic E-state index is 5.45. The third kappa shape index (κ3) is 2.91. The zero-order chi connectivity index (χ0) is 13.0. The molecule has 3 unspecified atom stereocenters. The second-order valence-corrected chi connectivity index (χ2v) is 5.06. The predicted octanol–water partition coefficient (Wildman–Crippen LogP) is 2.06. The second-order valence-electron chi connectivity index (χ2n) is 5.06. The predicted molar refractivity (Wildman–Crippen MR) is 74.7 cm³/mol. The topological polar surface area (TPSA) is 24.5 Å². The molecular formula is C15H24N2O. The van der Waals surface area contributed by atoms with Crippen molar-refractivity contribution in [1.82, 2.24) is 10.2 Å². The highest BCUT2D eigenvalue weighted by atomic mass is 16.5. The van der Waals surface area contributed by atoms with Crippen LogP contribution in [-0.4, -0.2) is 44.3 Å².